The molecule has 0 saturated carbocycles. The molecule has 2 aromatic rings. The van der Waals surface area contributed by atoms with Crippen molar-refractivity contribution in [2.45, 2.75) is 23.7 Å². The summed E-state index contributed by atoms with van der Waals surface area (Å²) in [6.45, 7) is 0. The summed E-state index contributed by atoms with van der Waals surface area (Å²) in [6, 6.07) is 10.6. The van der Waals surface area contributed by atoms with Gasteiger partial charge in [-0.25, -0.2) is 8.78 Å². The van der Waals surface area contributed by atoms with Crippen molar-refractivity contribution in [2.75, 3.05) is 0 Å². The zero-order valence-electron chi connectivity index (χ0n) is 13.2. The van der Waals surface area contributed by atoms with Gasteiger partial charge < -0.3 is 0 Å². The first kappa shape index (κ1) is 18.8. The Balaban J connectivity index is 1.84. The second-order valence-corrected chi connectivity index (χ2v) is 7.39. The van der Waals surface area contributed by atoms with E-state index in [1.54, 1.807) is 18.2 Å². The first-order chi connectivity index (χ1) is 12.5. The number of hydrogen-bond donors (Lipinski definition) is 0. The normalized spacial score (nSPS) is 15.0. The van der Waals surface area contributed by atoms with Crippen molar-refractivity contribution in [3.63, 3.8) is 0 Å². The fourth-order valence-corrected chi connectivity index (χ4v) is 3.95. The van der Waals surface area contributed by atoms with Gasteiger partial charge in [0.15, 0.2) is 0 Å². The summed E-state index contributed by atoms with van der Waals surface area (Å²) in [7, 11) is 0. The molecule has 8 heteroatoms. The minimum Gasteiger partial charge on any atom is -0.207 e. The molecule has 1 atom stereocenters. The Morgan fingerprint density at radius 1 is 1.08 bits per heavy atom. The monoisotopic (exact) mass is 409 g/mol. The van der Waals surface area contributed by atoms with Gasteiger partial charge in [0.25, 0.3) is 0 Å². The second kappa shape index (κ2) is 8.17. The Hall–Kier alpha value is -1.94. The molecule has 3 rings (SSSR count). The Kier molecular flexibility index (Phi) is 5.92. The molecule has 1 aliphatic heterocycles. The minimum atomic E-state index is -0.700. The average Bonchev–Trinajstić information content (AvgIpc) is 2.62. The second-order valence-electron chi connectivity index (χ2n) is 5.46. The number of nitrogens with zero attached hydrogens (tertiary/aromatic N) is 3. The van der Waals surface area contributed by atoms with Gasteiger partial charge in [-0.15, -0.1) is 5.10 Å². The van der Waals surface area contributed by atoms with Crippen molar-refractivity contribution in [3.05, 3.63) is 63.6 Å². The lowest BCUT2D eigenvalue weighted by Gasteiger charge is -2.18. The van der Waals surface area contributed by atoms with E-state index in [0.29, 0.717) is 39.2 Å². The number of benzene rings is 2. The Morgan fingerprint density at radius 2 is 1.81 bits per heavy atom. The van der Waals surface area contributed by atoms with Crippen molar-refractivity contribution in [1.29, 1.82) is 5.26 Å². The zero-order valence-corrected chi connectivity index (χ0v) is 15.5. The molecule has 1 aliphatic rings. The van der Waals surface area contributed by atoms with Crippen LogP contribution < -0.4 is 0 Å². The number of nitriles is 1. The summed E-state index contributed by atoms with van der Waals surface area (Å²) < 4.78 is 26.7. The van der Waals surface area contributed by atoms with E-state index in [1.165, 1.54) is 12.1 Å². The minimum absolute atomic E-state index is 0.273. The Bertz CT molecular complexity index is 934. The molecule has 132 valence electrons. The van der Waals surface area contributed by atoms with Crippen LogP contribution in [-0.2, 0) is 0 Å². The molecule has 0 aromatic heterocycles. The van der Waals surface area contributed by atoms with Gasteiger partial charge in [-0.1, -0.05) is 41.0 Å². The average molecular weight is 410 g/mol. The summed E-state index contributed by atoms with van der Waals surface area (Å²) in [5, 5.41) is 19.2. The molecule has 0 saturated heterocycles. The van der Waals surface area contributed by atoms with Gasteiger partial charge in [0.2, 0.25) is 0 Å². The third kappa shape index (κ3) is 4.07. The van der Waals surface area contributed by atoms with E-state index < -0.39 is 17.6 Å². The van der Waals surface area contributed by atoms with E-state index in [4.69, 9.17) is 23.2 Å². The summed E-state index contributed by atoms with van der Waals surface area (Å²) >= 11 is 13.5. The molecule has 2 aromatic carbocycles. The number of thioether (sulfide) groups is 1. The third-order valence-electron chi connectivity index (χ3n) is 3.76. The summed E-state index contributed by atoms with van der Waals surface area (Å²) in [5.74, 6) is -1.98. The van der Waals surface area contributed by atoms with E-state index in [-0.39, 0.29) is 4.90 Å². The highest BCUT2D eigenvalue weighted by atomic mass is 35.5. The first-order valence-electron chi connectivity index (χ1n) is 7.59. The van der Waals surface area contributed by atoms with Crippen LogP contribution in [0, 0.1) is 23.0 Å². The molecule has 0 aliphatic carbocycles. The molecule has 0 amide bonds. The van der Waals surface area contributed by atoms with Gasteiger partial charge in [-0.3, -0.25) is 0 Å². The largest absolute Gasteiger partial charge is 0.207 e. The molecule has 0 N–H and O–H groups in total. The molecule has 0 spiro atoms. The van der Waals surface area contributed by atoms with Gasteiger partial charge in [0.05, 0.1) is 11.8 Å². The maximum Gasteiger partial charge on any atom is 0.140 e. The smallest absolute Gasteiger partial charge is 0.140 e. The van der Waals surface area contributed by atoms with Crippen LogP contribution in [0.1, 0.15) is 24.3 Å². The zero-order chi connectivity index (χ0) is 18.7. The molecule has 0 radical (unpaired) electrons. The molecular weight excluding hydrogens is 399 g/mol. The number of hydrogen-bond acceptors (Lipinski definition) is 4. The van der Waals surface area contributed by atoms with Crippen molar-refractivity contribution in [3.8, 4) is 6.07 Å². The van der Waals surface area contributed by atoms with Crippen LogP contribution in [0.15, 0.2) is 51.5 Å². The molecule has 0 bridgehead atoms. The molecule has 26 heavy (non-hydrogen) atoms. The SMILES string of the molecule is N#CC(C1=NN=C(Sc2ccc(F)cc2F)CC1)c1c(Cl)cccc1Cl. The van der Waals surface area contributed by atoms with Gasteiger partial charge in [-0.05, 0) is 30.7 Å². The predicted molar refractivity (Wildman–Crippen MR) is 101 cm³/mol. The lowest BCUT2D eigenvalue weighted by molar-refractivity contribution is 0.566. The third-order valence-corrected chi connectivity index (χ3v) is 5.49. The summed E-state index contributed by atoms with van der Waals surface area (Å²) in [4.78, 5) is 0.273. The highest BCUT2D eigenvalue weighted by Crippen LogP contribution is 2.35. The van der Waals surface area contributed by atoms with Crippen LogP contribution in [0.4, 0.5) is 8.78 Å². The van der Waals surface area contributed by atoms with Crippen LogP contribution in [0.25, 0.3) is 0 Å². The standard InChI is InChI=1S/C18H11Cl2F2N3S/c19-12-2-1-3-13(20)18(12)11(9-23)15-5-7-17(25-24-15)26-16-6-4-10(21)8-14(16)22/h1-4,6,8,11H,5,7H2. The lowest BCUT2D eigenvalue weighted by Crippen LogP contribution is -2.16. The van der Waals surface area contributed by atoms with Crippen molar-refractivity contribution in [1.82, 2.24) is 0 Å². The maximum absolute atomic E-state index is 13.8. The van der Waals surface area contributed by atoms with E-state index >= 15 is 0 Å². The Morgan fingerprint density at radius 3 is 2.38 bits per heavy atom. The number of halogens is 4. The first-order valence-corrected chi connectivity index (χ1v) is 9.16. The van der Waals surface area contributed by atoms with E-state index in [2.05, 4.69) is 16.3 Å². The molecule has 3 nitrogen and oxygen atoms in total. The lowest BCUT2D eigenvalue weighted by atomic mass is 9.92. The van der Waals surface area contributed by atoms with Gasteiger partial charge in [0.1, 0.15) is 22.6 Å². The van der Waals surface area contributed by atoms with Crippen molar-refractivity contribution >= 4 is 45.7 Å². The van der Waals surface area contributed by atoms with Crippen molar-refractivity contribution < 1.29 is 8.78 Å². The Labute approximate surface area is 163 Å². The fraction of sp³-hybridized carbons (Fsp3) is 0.167. The summed E-state index contributed by atoms with van der Waals surface area (Å²) in [5.41, 5.74) is 1.05. The van der Waals surface area contributed by atoms with E-state index in [1.807, 2.05) is 0 Å². The highest BCUT2D eigenvalue weighted by molar-refractivity contribution is 8.14. The molecule has 1 heterocycles. The van der Waals surface area contributed by atoms with Crippen LogP contribution in [0.5, 0.6) is 0 Å². The predicted octanol–water partition coefficient (Wildman–Crippen LogP) is 6.22. The van der Waals surface area contributed by atoms with E-state index in [9.17, 15) is 14.0 Å². The fourth-order valence-electron chi connectivity index (χ4n) is 2.51. The van der Waals surface area contributed by atoms with E-state index in [0.717, 1.165) is 17.8 Å². The van der Waals surface area contributed by atoms with Crippen LogP contribution in [-0.4, -0.2) is 10.8 Å². The van der Waals surface area contributed by atoms with Crippen LogP contribution in [0.3, 0.4) is 0 Å². The van der Waals surface area contributed by atoms with Crippen molar-refractivity contribution in [2.24, 2.45) is 10.2 Å². The molecule has 0 fully saturated rings. The van der Waals surface area contributed by atoms with Gasteiger partial charge >= 0.3 is 0 Å². The van der Waals surface area contributed by atoms with Gasteiger partial charge in [0, 0.05) is 33.0 Å². The van der Waals surface area contributed by atoms with Crippen LogP contribution in [0.2, 0.25) is 10.0 Å². The quantitative estimate of drug-likeness (QED) is 0.603. The summed E-state index contributed by atoms with van der Waals surface area (Å²) in [6.07, 6.45) is 0.953. The topological polar surface area (TPSA) is 48.5 Å². The molecular formula is C18H11Cl2F2N3S. The van der Waals surface area contributed by atoms with Gasteiger partial charge in [-0.2, -0.15) is 10.4 Å². The highest BCUT2D eigenvalue weighted by Gasteiger charge is 2.26. The maximum atomic E-state index is 13.8. The molecule has 1 unspecified atom stereocenters. The number of rotatable bonds is 3. The van der Waals surface area contributed by atoms with Crippen LogP contribution >= 0.6 is 35.0 Å².